The summed E-state index contributed by atoms with van der Waals surface area (Å²) in [7, 11) is 0. The van der Waals surface area contributed by atoms with E-state index in [-0.39, 0.29) is 11.2 Å². The highest BCUT2D eigenvalue weighted by Gasteiger charge is 2.34. The zero-order valence-electron chi connectivity index (χ0n) is 17.3. The summed E-state index contributed by atoms with van der Waals surface area (Å²) in [5.41, 5.74) is 8.39. The molecule has 2 aliphatic rings. The van der Waals surface area contributed by atoms with Crippen LogP contribution in [0.4, 0.5) is 10.3 Å². The minimum Gasteiger partial charge on any atom is -0.351 e. The Labute approximate surface area is 179 Å². The average molecular weight is 424 g/mol. The highest BCUT2D eigenvalue weighted by atomic mass is 19.1. The molecule has 1 aliphatic heterocycles. The van der Waals surface area contributed by atoms with Crippen LogP contribution in [0.3, 0.4) is 0 Å². The molecule has 0 bridgehead atoms. The highest BCUT2D eigenvalue weighted by Crippen LogP contribution is 2.35. The molecule has 9 heteroatoms. The molecule has 1 aromatic carbocycles. The SMILES string of the molecule is CC1(CN)COC(c2nc(-c3ccc(F)cc3)c(-c3ccnc(NC4CC4)n3)[nH]2)OC1. The van der Waals surface area contributed by atoms with Crippen LogP contribution >= 0.6 is 0 Å². The molecule has 2 aromatic heterocycles. The quantitative estimate of drug-likeness (QED) is 0.557. The van der Waals surface area contributed by atoms with Crippen molar-refractivity contribution in [2.24, 2.45) is 11.1 Å². The van der Waals surface area contributed by atoms with Gasteiger partial charge >= 0.3 is 0 Å². The van der Waals surface area contributed by atoms with Crippen molar-refractivity contribution in [3.63, 3.8) is 0 Å². The van der Waals surface area contributed by atoms with Crippen molar-refractivity contribution in [1.82, 2.24) is 19.9 Å². The van der Waals surface area contributed by atoms with E-state index in [0.29, 0.717) is 54.7 Å². The lowest BCUT2D eigenvalue weighted by atomic mass is 9.93. The first-order valence-electron chi connectivity index (χ1n) is 10.4. The molecular formula is C22H25FN6O2. The molecule has 31 heavy (non-hydrogen) atoms. The van der Waals surface area contributed by atoms with Crippen LogP contribution in [0.2, 0.25) is 0 Å². The van der Waals surface area contributed by atoms with Crippen LogP contribution in [-0.2, 0) is 9.47 Å². The van der Waals surface area contributed by atoms with Crippen LogP contribution in [0.1, 0.15) is 31.9 Å². The smallest absolute Gasteiger partial charge is 0.223 e. The number of rotatable bonds is 6. The van der Waals surface area contributed by atoms with Crippen molar-refractivity contribution in [3.8, 4) is 22.6 Å². The van der Waals surface area contributed by atoms with E-state index >= 15 is 0 Å². The number of hydrogen-bond donors (Lipinski definition) is 3. The van der Waals surface area contributed by atoms with Crippen molar-refractivity contribution >= 4 is 5.95 Å². The zero-order chi connectivity index (χ0) is 21.4. The third-order valence-corrected chi connectivity index (χ3v) is 5.54. The number of ether oxygens (including phenoxy) is 2. The first-order valence-corrected chi connectivity index (χ1v) is 10.4. The van der Waals surface area contributed by atoms with Crippen LogP contribution < -0.4 is 11.1 Å². The van der Waals surface area contributed by atoms with Gasteiger partial charge in [-0.3, -0.25) is 0 Å². The van der Waals surface area contributed by atoms with E-state index in [1.807, 2.05) is 13.0 Å². The first kappa shape index (κ1) is 20.0. The molecule has 1 saturated heterocycles. The van der Waals surface area contributed by atoms with E-state index in [2.05, 4.69) is 20.3 Å². The molecule has 0 radical (unpaired) electrons. The Hall–Kier alpha value is -2.88. The fourth-order valence-electron chi connectivity index (χ4n) is 3.40. The van der Waals surface area contributed by atoms with Gasteiger partial charge in [-0.15, -0.1) is 0 Å². The van der Waals surface area contributed by atoms with Gasteiger partial charge in [0.25, 0.3) is 0 Å². The van der Waals surface area contributed by atoms with Gasteiger partial charge in [-0.2, -0.15) is 0 Å². The summed E-state index contributed by atoms with van der Waals surface area (Å²) in [4.78, 5) is 17.0. The average Bonchev–Trinajstić information content (AvgIpc) is 3.49. The molecule has 1 aliphatic carbocycles. The normalized spacial score (nSPS) is 23.6. The summed E-state index contributed by atoms with van der Waals surface area (Å²) in [6.45, 7) is 3.44. The second kappa shape index (κ2) is 7.99. The van der Waals surface area contributed by atoms with E-state index in [1.54, 1.807) is 18.3 Å². The van der Waals surface area contributed by atoms with Crippen LogP contribution in [0.15, 0.2) is 36.5 Å². The van der Waals surface area contributed by atoms with Crippen LogP contribution in [0, 0.1) is 11.2 Å². The van der Waals surface area contributed by atoms with Crippen molar-refractivity contribution < 1.29 is 13.9 Å². The van der Waals surface area contributed by atoms with Crippen molar-refractivity contribution in [2.75, 3.05) is 25.1 Å². The van der Waals surface area contributed by atoms with E-state index < -0.39 is 6.29 Å². The number of nitrogens with one attached hydrogen (secondary N) is 2. The Bertz CT molecular complexity index is 1060. The van der Waals surface area contributed by atoms with Crippen molar-refractivity contribution in [1.29, 1.82) is 0 Å². The standard InChI is InChI=1S/C22H25FN6O2/c1-22(10-24)11-30-20(31-12-22)19-28-17(13-2-4-14(23)5-3-13)18(29-19)16-8-9-25-21(27-16)26-15-6-7-15/h2-5,8-9,15,20H,6-7,10-12,24H2,1H3,(H,28,29)(H,25,26,27). The topological polar surface area (TPSA) is 111 Å². The number of H-pyrrole nitrogens is 1. The van der Waals surface area contributed by atoms with Gasteiger partial charge in [0.2, 0.25) is 12.2 Å². The maximum Gasteiger partial charge on any atom is 0.223 e. The van der Waals surface area contributed by atoms with Gasteiger partial charge in [0.1, 0.15) is 5.82 Å². The molecular weight excluding hydrogens is 399 g/mol. The molecule has 5 rings (SSSR count). The molecule has 0 atom stereocenters. The Balaban J connectivity index is 1.51. The molecule has 0 unspecified atom stereocenters. The maximum absolute atomic E-state index is 13.5. The molecule has 162 valence electrons. The summed E-state index contributed by atoms with van der Waals surface area (Å²) in [5.74, 6) is 0.799. The van der Waals surface area contributed by atoms with Gasteiger partial charge in [0.05, 0.1) is 30.3 Å². The largest absolute Gasteiger partial charge is 0.351 e. The third kappa shape index (κ3) is 4.30. The number of nitrogens with two attached hydrogens (primary N) is 1. The molecule has 2 fully saturated rings. The molecule has 1 saturated carbocycles. The predicted octanol–water partition coefficient (Wildman–Crippen LogP) is 3.26. The van der Waals surface area contributed by atoms with E-state index in [1.165, 1.54) is 12.1 Å². The maximum atomic E-state index is 13.5. The molecule has 8 nitrogen and oxygen atoms in total. The summed E-state index contributed by atoms with van der Waals surface area (Å²) < 4.78 is 25.3. The number of halogens is 1. The van der Waals surface area contributed by atoms with Gasteiger partial charge < -0.3 is 25.5 Å². The number of aromatic amines is 1. The molecule has 0 spiro atoms. The number of imidazole rings is 1. The van der Waals surface area contributed by atoms with Crippen LogP contribution in [-0.4, -0.2) is 45.7 Å². The van der Waals surface area contributed by atoms with Gasteiger partial charge in [-0.05, 0) is 43.2 Å². The zero-order valence-corrected chi connectivity index (χ0v) is 17.3. The number of aromatic nitrogens is 4. The van der Waals surface area contributed by atoms with Gasteiger partial charge in [-0.1, -0.05) is 6.92 Å². The minimum absolute atomic E-state index is 0.220. The van der Waals surface area contributed by atoms with Crippen LogP contribution in [0.5, 0.6) is 0 Å². The Morgan fingerprint density at radius 1 is 1.16 bits per heavy atom. The second-order valence-corrected chi connectivity index (χ2v) is 8.51. The lowest BCUT2D eigenvalue weighted by molar-refractivity contribution is -0.231. The summed E-state index contributed by atoms with van der Waals surface area (Å²) in [6.07, 6.45) is 3.32. The predicted molar refractivity (Wildman–Crippen MR) is 113 cm³/mol. The van der Waals surface area contributed by atoms with Gasteiger partial charge in [0, 0.05) is 29.8 Å². The Morgan fingerprint density at radius 3 is 2.58 bits per heavy atom. The Morgan fingerprint density at radius 2 is 1.90 bits per heavy atom. The van der Waals surface area contributed by atoms with Crippen molar-refractivity contribution in [3.05, 3.63) is 48.2 Å². The summed E-state index contributed by atoms with van der Waals surface area (Å²) in [6, 6.07) is 8.46. The second-order valence-electron chi connectivity index (χ2n) is 8.51. The molecule has 3 heterocycles. The Kier molecular flexibility index (Phi) is 5.17. The minimum atomic E-state index is -0.640. The molecule has 0 amide bonds. The monoisotopic (exact) mass is 424 g/mol. The van der Waals surface area contributed by atoms with Gasteiger partial charge in [0.15, 0.2) is 5.82 Å². The first-order chi connectivity index (χ1) is 15.0. The number of hydrogen-bond acceptors (Lipinski definition) is 7. The summed E-state index contributed by atoms with van der Waals surface area (Å²) in [5, 5.41) is 3.31. The number of benzene rings is 1. The van der Waals surface area contributed by atoms with E-state index in [9.17, 15) is 4.39 Å². The third-order valence-electron chi connectivity index (χ3n) is 5.54. The fraction of sp³-hybridized carbons (Fsp3) is 0.409. The van der Waals surface area contributed by atoms with Crippen LogP contribution in [0.25, 0.3) is 22.6 Å². The fourth-order valence-corrected chi connectivity index (χ4v) is 3.40. The lowest BCUT2D eigenvalue weighted by Gasteiger charge is -2.35. The number of nitrogens with zero attached hydrogens (tertiary/aromatic N) is 3. The van der Waals surface area contributed by atoms with Gasteiger partial charge in [-0.25, -0.2) is 19.3 Å². The highest BCUT2D eigenvalue weighted by molar-refractivity contribution is 5.77. The van der Waals surface area contributed by atoms with E-state index in [4.69, 9.17) is 20.2 Å². The van der Waals surface area contributed by atoms with E-state index in [0.717, 1.165) is 18.4 Å². The number of anilines is 1. The van der Waals surface area contributed by atoms with Crippen molar-refractivity contribution in [2.45, 2.75) is 32.1 Å². The molecule has 3 aromatic rings. The molecule has 4 N–H and O–H groups in total. The lowest BCUT2D eigenvalue weighted by Crippen LogP contribution is -2.42. The summed E-state index contributed by atoms with van der Waals surface area (Å²) >= 11 is 0.